The first kappa shape index (κ1) is 17.9. The molecule has 2 rings (SSSR count). The number of hydrogen-bond donors (Lipinski definition) is 1. The predicted molar refractivity (Wildman–Crippen MR) is 82.0 cm³/mol. The first-order valence-electron chi connectivity index (χ1n) is 6.20. The molecule has 0 aromatic heterocycles. The third kappa shape index (κ3) is 4.30. The molecule has 2 aromatic rings. The Morgan fingerprint density at radius 1 is 1.17 bits per heavy atom. The summed E-state index contributed by atoms with van der Waals surface area (Å²) < 4.78 is 54.8. The van der Waals surface area contributed by atoms with Gasteiger partial charge >= 0.3 is 6.61 Å². The van der Waals surface area contributed by atoms with Gasteiger partial charge in [0, 0.05) is 11.8 Å². The van der Waals surface area contributed by atoms with Crippen LogP contribution >= 0.6 is 11.6 Å². The fourth-order valence-electron chi connectivity index (χ4n) is 1.72. The summed E-state index contributed by atoms with van der Waals surface area (Å²) in [5, 5.41) is 10.6. The molecule has 11 heteroatoms. The van der Waals surface area contributed by atoms with Crippen LogP contribution in [0.25, 0.3) is 0 Å². The van der Waals surface area contributed by atoms with Gasteiger partial charge in [0.1, 0.15) is 10.8 Å². The van der Waals surface area contributed by atoms with Crippen molar-refractivity contribution in [2.24, 2.45) is 0 Å². The van der Waals surface area contributed by atoms with Gasteiger partial charge in [0.25, 0.3) is 15.7 Å². The van der Waals surface area contributed by atoms with Gasteiger partial charge in [-0.3, -0.25) is 14.8 Å². The van der Waals surface area contributed by atoms with Gasteiger partial charge in [0.05, 0.1) is 9.82 Å². The Bertz CT molecular complexity index is 859. The monoisotopic (exact) mass is 378 g/mol. The van der Waals surface area contributed by atoms with Crippen molar-refractivity contribution in [3.05, 3.63) is 57.6 Å². The molecule has 24 heavy (non-hydrogen) atoms. The number of alkyl halides is 2. The van der Waals surface area contributed by atoms with E-state index >= 15 is 0 Å². The molecule has 0 saturated heterocycles. The molecule has 2 aromatic carbocycles. The Labute approximate surface area is 140 Å². The van der Waals surface area contributed by atoms with Crippen molar-refractivity contribution in [1.82, 2.24) is 0 Å². The van der Waals surface area contributed by atoms with Gasteiger partial charge in [-0.2, -0.15) is 8.78 Å². The number of hydrogen-bond acceptors (Lipinski definition) is 5. The molecular weight excluding hydrogens is 370 g/mol. The second kappa shape index (κ2) is 6.97. The third-order valence-corrected chi connectivity index (χ3v) is 4.45. The largest absolute Gasteiger partial charge is 0.435 e. The molecule has 0 unspecified atom stereocenters. The zero-order chi connectivity index (χ0) is 17.9. The maximum atomic E-state index is 12.2. The number of ether oxygens (including phenoxy) is 1. The van der Waals surface area contributed by atoms with Crippen molar-refractivity contribution >= 4 is 33.0 Å². The minimum Gasteiger partial charge on any atom is -0.435 e. The van der Waals surface area contributed by atoms with E-state index in [9.17, 15) is 27.3 Å². The lowest BCUT2D eigenvalue weighted by Gasteiger charge is -2.09. The zero-order valence-electron chi connectivity index (χ0n) is 11.6. The smallest absolute Gasteiger partial charge is 0.387 e. The summed E-state index contributed by atoms with van der Waals surface area (Å²) >= 11 is 5.63. The maximum absolute atomic E-state index is 12.2. The molecule has 0 spiro atoms. The van der Waals surface area contributed by atoms with Crippen LogP contribution in [-0.2, 0) is 10.0 Å². The third-order valence-electron chi connectivity index (χ3n) is 2.76. The molecule has 7 nitrogen and oxygen atoms in total. The van der Waals surface area contributed by atoms with Gasteiger partial charge in [-0.15, -0.1) is 0 Å². The van der Waals surface area contributed by atoms with Crippen LogP contribution in [-0.4, -0.2) is 20.0 Å². The number of sulfonamides is 1. The van der Waals surface area contributed by atoms with E-state index in [4.69, 9.17) is 11.6 Å². The molecule has 0 atom stereocenters. The maximum Gasteiger partial charge on any atom is 0.387 e. The minimum atomic E-state index is -4.12. The summed E-state index contributed by atoms with van der Waals surface area (Å²) in [5.41, 5.74) is -0.491. The first-order valence-corrected chi connectivity index (χ1v) is 8.07. The molecule has 1 N–H and O–H groups in total. The molecule has 0 saturated carbocycles. The minimum absolute atomic E-state index is 0.0641. The Morgan fingerprint density at radius 3 is 2.33 bits per heavy atom. The summed E-state index contributed by atoms with van der Waals surface area (Å²) in [7, 11) is -4.12. The molecular formula is C13H9ClF2N2O5S. The summed E-state index contributed by atoms with van der Waals surface area (Å²) in [6, 6.07) is 7.72. The fourth-order valence-corrected chi connectivity index (χ4v) is 2.98. The van der Waals surface area contributed by atoms with E-state index in [0.717, 1.165) is 30.3 Å². The Morgan fingerprint density at radius 2 is 1.79 bits per heavy atom. The average molecular weight is 379 g/mol. The van der Waals surface area contributed by atoms with Crippen molar-refractivity contribution in [2.75, 3.05) is 4.72 Å². The highest BCUT2D eigenvalue weighted by molar-refractivity contribution is 7.92. The molecule has 128 valence electrons. The second-order valence-corrected chi connectivity index (χ2v) is 6.47. The highest BCUT2D eigenvalue weighted by atomic mass is 35.5. The summed E-state index contributed by atoms with van der Waals surface area (Å²) in [6.45, 7) is -3.00. The van der Waals surface area contributed by atoms with E-state index in [1.165, 1.54) is 12.1 Å². The standard InChI is InChI=1S/C13H9ClF2N2O5S/c14-11-6-5-10(7-12(11)18(19)20)24(21,22)17-8-1-3-9(4-2-8)23-13(15)16/h1-7,13,17H. The molecule has 0 radical (unpaired) electrons. The van der Waals surface area contributed by atoms with Gasteiger partial charge in [-0.1, -0.05) is 11.6 Å². The number of anilines is 1. The van der Waals surface area contributed by atoms with Crippen molar-refractivity contribution in [3.63, 3.8) is 0 Å². The van der Waals surface area contributed by atoms with Gasteiger partial charge in [-0.25, -0.2) is 8.42 Å². The normalized spacial score (nSPS) is 11.3. The number of halogens is 3. The van der Waals surface area contributed by atoms with Crippen LogP contribution in [0.1, 0.15) is 0 Å². The van der Waals surface area contributed by atoms with Crippen LogP contribution < -0.4 is 9.46 Å². The Balaban J connectivity index is 2.25. The Hall–Kier alpha value is -2.46. The van der Waals surface area contributed by atoms with Crippen LogP contribution in [0, 0.1) is 10.1 Å². The van der Waals surface area contributed by atoms with Crippen LogP contribution in [0.2, 0.25) is 5.02 Å². The van der Waals surface area contributed by atoms with Crippen LogP contribution in [0.15, 0.2) is 47.4 Å². The van der Waals surface area contributed by atoms with Gasteiger partial charge in [-0.05, 0) is 36.4 Å². The molecule has 0 amide bonds. The number of nitro groups is 1. The lowest BCUT2D eigenvalue weighted by molar-refractivity contribution is -0.384. The van der Waals surface area contributed by atoms with Gasteiger partial charge < -0.3 is 4.74 Å². The van der Waals surface area contributed by atoms with Crippen molar-refractivity contribution in [3.8, 4) is 5.75 Å². The van der Waals surface area contributed by atoms with E-state index in [0.29, 0.717) is 0 Å². The SMILES string of the molecule is O=[N+]([O-])c1cc(S(=O)(=O)Nc2ccc(OC(F)F)cc2)ccc1Cl. The van der Waals surface area contributed by atoms with Gasteiger partial charge in [0.2, 0.25) is 0 Å². The molecule has 0 aliphatic heterocycles. The number of nitro benzene ring substituents is 1. The lowest BCUT2D eigenvalue weighted by atomic mass is 10.3. The molecule has 0 heterocycles. The van der Waals surface area contributed by atoms with Crippen molar-refractivity contribution in [1.29, 1.82) is 0 Å². The zero-order valence-corrected chi connectivity index (χ0v) is 13.2. The van der Waals surface area contributed by atoms with Crippen molar-refractivity contribution < 1.29 is 26.9 Å². The van der Waals surface area contributed by atoms with E-state index in [2.05, 4.69) is 9.46 Å². The summed E-state index contributed by atoms with van der Waals surface area (Å²) in [6.07, 6.45) is 0. The van der Waals surface area contributed by atoms with E-state index < -0.39 is 27.2 Å². The highest BCUT2D eigenvalue weighted by Gasteiger charge is 2.20. The number of nitrogens with one attached hydrogen (secondary N) is 1. The van der Waals surface area contributed by atoms with Crippen molar-refractivity contribution in [2.45, 2.75) is 11.5 Å². The lowest BCUT2D eigenvalue weighted by Crippen LogP contribution is -2.13. The number of nitrogens with zero attached hydrogens (tertiary/aromatic N) is 1. The molecule has 0 fully saturated rings. The Kier molecular flexibility index (Phi) is 5.20. The number of benzene rings is 2. The van der Waals surface area contributed by atoms with Crippen LogP contribution in [0.3, 0.4) is 0 Å². The summed E-state index contributed by atoms with van der Waals surface area (Å²) in [4.78, 5) is 9.64. The molecule has 0 aliphatic carbocycles. The quantitative estimate of drug-likeness (QED) is 0.611. The highest BCUT2D eigenvalue weighted by Crippen LogP contribution is 2.28. The van der Waals surface area contributed by atoms with E-state index in [-0.39, 0.29) is 21.4 Å². The fraction of sp³-hybridized carbons (Fsp3) is 0.0769. The molecule has 0 aliphatic rings. The van der Waals surface area contributed by atoms with Crippen LogP contribution in [0.5, 0.6) is 5.75 Å². The molecule has 0 bridgehead atoms. The second-order valence-electron chi connectivity index (χ2n) is 4.38. The van der Waals surface area contributed by atoms with Crippen LogP contribution in [0.4, 0.5) is 20.2 Å². The summed E-state index contributed by atoms with van der Waals surface area (Å²) in [5.74, 6) is -0.143. The van der Waals surface area contributed by atoms with Gasteiger partial charge in [0.15, 0.2) is 0 Å². The first-order chi connectivity index (χ1) is 11.2. The predicted octanol–water partition coefficient (Wildman–Crippen LogP) is 3.65. The topological polar surface area (TPSA) is 98.5 Å². The van der Waals surface area contributed by atoms with E-state index in [1.807, 2.05) is 0 Å². The van der Waals surface area contributed by atoms with E-state index in [1.54, 1.807) is 0 Å². The number of rotatable bonds is 6. The average Bonchev–Trinajstić information content (AvgIpc) is 2.48.